The number of hydrogen-bond acceptors (Lipinski definition) is 4. The first-order valence-electron chi connectivity index (χ1n) is 9.76. The van der Waals surface area contributed by atoms with E-state index >= 15 is 0 Å². The Labute approximate surface area is 169 Å². The van der Waals surface area contributed by atoms with Crippen molar-refractivity contribution < 1.29 is 4.79 Å². The molecule has 0 radical (unpaired) electrons. The molecule has 0 bridgehead atoms. The summed E-state index contributed by atoms with van der Waals surface area (Å²) in [6.07, 6.45) is 4.66. The zero-order chi connectivity index (χ0) is 19.3. The SMILES string of the molecule is C[C@H](Sc1nnc2n1CCCCC2)c1cccc(NC(=O)c2ccccc2)c1. The van der Waals surface area contributed by atoms with Crippen LogP contribution in [0.4, 0.5) is 5.69 Å². The molecule has 2 aromatic carbocycles. The van der Waals surface area contributed by atoms with E-state index < -0.39 is 0 Å². The van der Waals surface area contributed by atoms with Gasteiger partial charge in [-0.1, -0.05) is 48.5 Å². The summed E-state index contributed by atoms with van der Waals surface area (Å²) < 4.78 is 2.27. The van der Waals surface area contributed by atoms with Crippen molar-refractivity contribution in [3.05, 3.63) is 71.5 Å². The Balaban J connectivity index is 1.47. The third-order valence-electron chi connectivity index (χ3n) is 5.01. The molecule has 2 heterocycles. The van der Waals surface area contributed by atoms with Gasteiger partial charge in [0.2, 0.25) is 0 Å². The highest BCUT2D eigenvalue weighted by Crippen LogP contribution is 2.35. The van der Waals surface area contributed by atoms with Gasteiger partial charge in [0.1, 0.15) is 5.82 Å². The van der Waals surface area contributed by atoms with Gasteiger partial charge < -0.3 is 9.88 Å². The van der Waals surface area contributed by atoms with E-state index in [9.17, 15) is 4.79 Å². The molecule has 1 N–H and O–H groups in total. The van der Waals surface area contributed by atoms with Crippen LogP contribution in [0.1, 0.15) is 53.2 Å². The number of rotatable bonds is 5. The number of benzene rings is 2. The second kappa shape index (κ2) is 8.61. The number of carbonyl (C=O) groups is 1. The van der Waals surface area contributed by atoms with Crippen LogP contribution in [0.15, 0.2) is 59.8 Å². The molecule has 0 spiro atoms. The van der Waals surface area contributed by atoms with Crippen molar-refractivity contribution in [3.63, 3.8) is 0 Å². The Morgan fingerprint density at radius 1 is 1.07 bits per heavy atom. The maximum absolute atomic E-state index is 12.4. The largest absolute Gasteiger partial charge is 0.322 e. The van der Waals surface area contributed by atoms with Crippen molar-refractivity contribution in [1.29, 1.82) is 0 Å². The molecule has 0 fully saturated rings. The number of thioether (sulfide) groups is 1. The van der Waals surface area contributed by atoms with Gasteiger partial charge >= 0.3 is 0 Å². The maximum atomic E-state index is 12.4. The molecule has 5 nitrogen and oxygen atoms in total. The van der Waals surface area contributed by atoms with Gasteiger partial charge in [-0.25, -0.2) is 0 Å². The highest BCUT2D eigenvalue weighted by atomic mass is 32.2. The van der Waals surface area contributed by atoms with E-state index in [2.05, 4.69) is 33.1 Å². The van der Waals surface area contributed by atoms with E-state index in [1.807, 2.05) is 48.5 Å². The van der Waals surface area contributed by atoms with E-state index in [4.69, 9.17) is 0 Å². The van der Waals surface area contributed by atoms with Crippen LogP contribution >= 0.6 is 11.8 Å². The Morgan fingerprint density at radius 3 is 2.79 bits per heavy atom. The highest BCUT2D eigenvalue weighted by Gasteiger charge is 2.18. The Hall–Kier alpha value is -2.60. The van der Waals surface area contributed by atoms with Gasteiger partial charge in [0.25, 0.3) is 5.91 Å². The Morgan fingerprint density at radius 2 is 1.93 bits per heavy atom. The van der Waals surface area contributed by atoms with Gasteiger partial charge in [0.15, 0.2) is 5.16 Å². The topological polar surface area (TPSA) is 59.8 Å². The first kappa shape index (κ1) is 18.7. The molecule has 1 aromatic heterocycles. The first-order chi connectivity index (χ1) is 13.7. The summed E-state index contributed by atoms with van der Waals surface area (Å²) in [6.45, 7) is 3.17. The van der Waals surface area contributed by atoms with E-state index in [1.54, 1.807) is 11.8 Å². The second-order valence-electron chi connectivity index (χ2n) is 7.07. The molecule has 1 amide bonds. The molecule has 3 aromatic rings. The van der Waals surface area contributed by atoms with E-state index in [-0.39, 0.29) is 11.2 Å². The zero-order valence-corrected chi connectivity index (χ0v) is 16.8. The summed E-state index contributed by atoms with van der Waals surface area (Å²) in [7, 11) is 0. The van der Waals surface area contributed by atoms with Crippen LogP contribution in [0, 0.1) is 0 Å². The van der Waals surface area contributed by atoms with Crippen LogP contribution in [0.25, 0.3) is 0 Å². The standard InChI is InChI=1S/C22H24N4OS/c1-16(28-22-25-24-20-13-6-3-7-14-26(20)22)18-11-8-12-19(15-18)23-21(27)17-9-4-2-5-10-17/h2,4-5,8-12,15-16H,3,6-7,13-14H2,1H3,(H,23,27)/t16-/m0/s1. The van der Waals surface area contributed by atoms with Gasteiger partial charge in [0, 0.05) is 29.5 Å². The highest BCUT2D eigenvalue weighted by molar-refractivity contribution is 7.99. The minimum absolute atomic E-state index is 0.0965. The van der Waals surface area contributed by atoms with Crippen LogP contribution < -0.4 is 5.32 Å². The van der Waals surface area contributed by atoms with E-state index in [1.165, 1.54) is 19.3 Å². The lowest BCUT2D eigenvalue weighted by Crippen LogP contribution is -2.11. The van der Waals surface area contributed by atoms with Gasteiger partial charge in [-0.05, 0) is 49.6 Å². The lowest BCUT2D eigenvalue weighted by atomic mass is 10.1. The fraction of sp³-hybridized carbons (Fsp3) is 0.318. The normalized spacial score (nSPS) is 14.8. The number of nitrogens with zero attached hydrogens (tertiary/aromatic N) is 3. The minimum Gasteiger partial charge on any atom is -0.322 e. The molecule has 28 heavy (non-hydrogen) atoms. The number of aromatic nitrogens is 3. The molecule has 144 valence electrons. The Bertz CT molecular complexity index is 954. The molecule has 0 saturated carbocycles. The quantitative estimate of drug-likeness (QED) is 0.613. The van der Waals surface area contributed by atoms with Crippen LogP contribution in [0.5, 0.6) is 0 Å². The summed E-state index contributed by atoms with van der Waals surface area (Å²) in [5.41, 5.74) is 2.61. The zero-order valence-electron chi connectivity index (χ0n) is 16.0. The molecule has 1 aliphatic heterocycles. The lowest BCUT2D eigenvalue weighted by Gasteiger charge is -2.14. The molecular formula is C22H24N4OS. The molecule has 6 heteroatoms. The molecule has 0 unspecified atom stereocenters. The third-order valence-corrected chi connectivity index (χ3v) is 6.15. The molecule has 0 aliphatic carbocycles. The van der Waals surface area contributed by atoms with Gasteiger partial charge in [0.05, 0.1) is 0 Å². The molecule has 0 saturated heterocycles. The molecule has 1 atom stereocenters. The monoisotopic (exact) mass is 392 g/mol. The smallest absolute Gasteiger partial charge is 0.255 e. The summed E-state index contributed by atoms with van der Waals surface area (Å²) in [5, 5.41) is 13.0. The van der Waals surface area contributed by atoms with Gasteiger partial charge in [-0.3, -0.25) is 4.79 Å². The molecule has 4 rings (SSSR count). The Kier molecular flexibility index (Phi) is 5.76. The molecular weight excluding hydrogens is 368 g/mol. The van der Waals surface area contributed by atoms with Gasteiger partial charge in [-0.15, -0.1) is 10.2 Å². The average molecular weight is 393 g/mol. The summed E-state index contributed by atoms with van der Waals surface area (Å²) in [6, 6.07) is 17.3. The van der Waals surface area contributed by atoms with Crippen molar-refractivity contribution >= 4 is 23.4 Å². The fourth-order valence-electron chi connectivity index (χ4n) is 3.43. The minimum atomic E-state index is -0.0965. The summed E-state index contributed by atoms with van der Waals surface area (Å²) >= 11 is 1.73. The number of carbonyl (C=O) groups excluding carboxylic acids is 1. The number of nitrogens with one attached hydrogen (secondary N) is 1. The maximum Gasteiger partial charge on any atom is 0.255 e. The predicted molar refractivity (Wildman–Crippen MR) is 113 cm³/mol. The van der Waals surface area contributed by atoms with Crippen LogP contribution in [-0.4, -0.2) is 20.7 Å². The predicted octanol–water partition coefficient (Wildman–Crippen LogP) is 5.11. The van der Waals surface area contributed by atoms with Crippen LogP contribution in [0.3, 0.4) is 0 Å². The van der Waals surface area contributed by atoms with Gasteiger partial charge in [-0.2, -0.15) is 0 Å². The number of aryl methyl sites for hydroxylation is 1. The molecule has 1 aliphatic rings. The van der Waals surface area contributed by atoms with Crippen molar-refractivity contribution in [3.8, 4) is 0 Å². The second-order valence-corrected chi connectivity index (χ2v) is 8.37. The van der Waals surface area contributed by atoms with Crippen molar-refractivity contribution in [2.24, 2.45) is 0 Å². The van der Waals surface area contributed by atoms with E-state index in [0.717, 1.165) is 35.2 Å². The van der Waals surface area contributed by atoms with Crippen LogP contribution in [0.2, 0.25) is 0 Å². The first-order valence-corrected chi connectivity index (χ1v) is 10.6. The van der Waals surface area contributed by atoms with Crippen molar-refractivity contribution in [1.82, 2.24) is 14.8 Å². The van der Waals surface area contributed by atoms with E-state index in [0.29, 0.717) is 5.56 Å². The summed E-state index contributed by atoms with van der Waals surface area (Å²) in [4.78, 5) is 12.4. The van der Waals surface area contributed by atoms with Crippen molar-refractivity contribution in [2.45, 2.75) is 49.6 Å². The summed E-state index contributed by atoms with van der Waals surface area (Å²) in [5.74, 6) is 1.01. The number of anilines is 1. The average Bonchev–Trinajstić information content (AvgIpc) is 2.95. The number of hydrogen-bond donors (Lipinski definition) is 1. The fourth-order valence-corrected chi connectivity index (χ4v) is 4.44. The van der Waals surface area contributed by atoms with Crippen molar-refractivity contribution in [2.75, 3.05) is 5.32 Å². The number of fused-ring (bicyclic) bond motifs is 1. The van der Waals surface area contributed by atoms with Crippen LogP contribution in [-0.2, 0) is 13.0 Å². The third kappa shape index (κ3) is 4.28. The lowest BCUT2D eigenvalue weighted by molar-refractivity contribution is 0.102. The number of amides is 1.